The van der Waals surface area contributed by atoms with Crippen molar-refractivity contribution in [1.82, 2.24) is 0 Å². The number of rotatable bonds is 9. The molecule has 2 N–H and O–H groups in total. The summed E-state index contributed by atoms with van der Waals surface area (Å²) in [6.07, 6.45) is 1.68. The minimum atomic E-state index is -0.196. The Morgan fingerprint density at radius 2 is 1.80 bits per heavy atom. The number of carbonyl (C=O) groups is 1. The van der Waals surface area contributed by atoms with Crippen LogP contribution < -0.4 is 24.8 Å². The fourth-order valence-corrected chi connectivity index (χ4v) is 2.11. The average molecular weight is 342 g/mol. The van der Waals surface area contributed by atoms with Crippen LogP contribution in [0.4, 0.5) is 11.4 Å². The fourth-order valence-electron chi connectivity index (χ4n) is 2.11. The van der Waals surface area contributed by atoms with Gasteiger partial charge in [-0.2, -0.15) is 0 Å². The number of amides is 1. The summed E-state index contributed by atoms with van der Waals surface area (Å²) in [5.41, 5.74) is 1.38. The van der Waals surface area contributed by atoms with E-state index < -0.39 is 0 Å². The van der Waals surface area contributed by atoms with Gasteiger partial charge in [-0.15, -0.1) is 0 Å². The number of anilines is 2. The molecule has 0 radical (unpaired) electrons. The smallest absolute Gasteiger partial charge is 0.243 e. The first-order chi connectivity index (χ1) is 12.2. The molecule has 0 spiro atoms. The second-order valence-electron chi connectivity index (χ2n) is 5.09. The van der Waals surface area contributed by atoms with Gasteiger partial charge in [0.15, 0.2) is 0 Å². The van der Waals surface area contributed by atoms with E-state index in [2.05, 4.69) is 17.2 Å². The number of ether oxygens (including phenoxy) is 3. The Hall–Kier alpha value is -3.15. The molecule has 0 unspecified atom stereocenters. The molecule has 0 aliphatic heterocycles. The normalized spacial score (nSPS) is 9.84. The molecule has 0 saturated carbocycles. The van der Waals surface area contributed by atoms with Crippen LogP contribution in [0.15, 0.2) is 55.1 Å². The maximum absolute atomic E-state index is 12.2. The van der Waals surface area contributed by atoms with Crippen LogP contribution in [0.25, 0.3) is 0 Å². The molecule has 0 heterocycles. The van der Waals surface area contributed by atoms with Crippen molar-refractivity contribution in [3.8, 4) is 17.2 Å². The molecular weight excluding hydrogens is 320 g/mol. The van der Waals surface area contributed by atoms with Crippen LogP contribution >= 0.6 is 0 Å². The second kappa shape index (κ2) is 9.22. The van der Waals surface area contributed by atoms with E-state index in [1.807, 2.05) is 24.3 Å². The van der Waals surface area contributed by atoms with E-state index in [0.29, 0.717) is 23.8 Å². The zero-order valence-electron chi connectivity index (χ0n) is 14.4. The van der Waals surface area contributed by atoms with Gasteiger partial charge in [-0.05, 0) is 36.4 Å². The summed E-state index contributed by atoms with van der Waals surface area (Å²) in [7, 11) is 3.11. The minimum Gasteiger partial charge on any atom is -0.497 e. The molecule has 6 nitrogen and oxygen atoms in total. The molecule has 0 aromatic heterocycles. The standard InChI is InChI=1S/C19H22N2O4/c1-4-11-25-15-7-5-14(6-8-15)20-13-19(22)21-17-12-16(23-2)9-10-18(17)24-3/h4-10,12,20H,1,11,13H2,2-3H3,(H,21,22). The highest BCUT2D eigenvalue weighted by Gasteiger charge is 2.09. The fraction of sp³-hybridized carbons (Fsp3) is 0.211. The molecular formula is C19H22N2O4. The van der Waals surface area contributed by atoms with Crippen molar-refractivity contribution in [2.24, 2.45) is 0 Å². The van der Waals surface area contributed by atoms with E-state index in [1.165, 1.54) is 0 Å². The van der Waals surface area contributed by atoms with E-state index in [4.69, 9.17) is 14.2 Å². The predicted octanol–water partition coefficient (Wildman–Crippen LogP) is 3.32. The van der Waals surface area contributed by atoms with Gasteiger partial charge in [0.2, 0.25) is 5.91 Å². The Morgan fingerprint density at radius 1 is 1.08 bits per heavy atom. The van der Waals surface area contributed by atoms with Gasteiger partial charge in [0, 0.05) is 11.8 Å². The number of nitrogens with one attached hydrogen (secondary N) is 2. The lowest BCUT2D eigenvalue weighted by Crippen LogP contribution is -2.22. The Morgan fingerprint density at radius 3 is 2.44 bits per heavy atom. The van der Waals surface area contributed by atoms with Gasteiger partial charge in [0.1, 0.15) is 23.9 Å². The van der Waals surface area contributed by atoms with Gasteiger partial charge < -0.3 is 24.8 Å². The Kier molecular flexibility index (Phi) is 6.71. The summed E-state index contributed by atoms with van der Waals surface area (Å²) in [6, 6.07) is 12.6. The molecule has 25 heavy (non-hydrogen) atoms. The number of hydrogen-bond acceptors (Lipinski definition) is 5. The van der Waals surface area contributed by atoms with E-state index in [9.17, 15) is 4.79 Å². The molecule has 2 rings (SSSR count). The van der Waals surface area contributed by atoms with Crippen LogP contribution in [0.3, 0.4) is 0 Å². The second-order valence-corrected chi connectivity index (χ2v) is 5.09. The van der Waals surface area contributed by atoms with Crippen LogP contribution in [0.5, 0.6) is 17.2 Å². The van der Waals surface area contributed by atoms with E-state index in [0.717, 1.165) is 11.4 Å². The molecule has 0 aliphatic carbocycles. The summed E-state index contributed by atoms with van der Waals surface area (Å²) in [4.78, 5) is 12.2. The van der Waals surface area contributed by atoms with E-state index >= 15 is 0 Å². The molecule has 2 aromatic rings. The lowest BCUT2D eigenvalue weighted by Gasteiger charge is -2.12. The quantitative estimate of drug-likeness (QED) is 0.684. The number of hydrogen-bond donors (Lipinski definition) is 2. The monoisotopic (exact) mass is 342 g/mol. The third-order valence-corrected chi connectivity index (χ3v) is 3.36. The van der Waals surface area contributed by atoms with Crippen LogP contribution in [0, 0.1) is 0 Å². The highest BCUT2D eigenvalue weighted by Crippen LogP contribution is 2.28. The number of methoxy groups -OCH3 is 2. The maximum Gasteiger partial charge on any atom is 0.243 e. The van der Waals surface area contributed by atoms with Crippen LogP contribution in [0.2, 0.25) is 0 Å². The highest BCUT2D eigenvalue weighted by atomic mass is 16.5. The van der Waals surface area contributed by atoms with Crippen molar-refractivity contribution in [2.45, 2.75) is 0 Å². The van der Waals surface area contributed by atoms with Gasteiger partial charge in [-0.25, -0.2) is 0 Å². The van der Waals surface area contributed by atoms with Gasteiger partial charge in [0.25, 0.3) is 0 Å². The van der Waals surface area contributed by atoms with Crippen LogP contribution in [-0.4, -0.2) is 33.3 Å². The zero-order chi connectivity index (χ0) is 18.1. The first-order valence-corrected chi connectivity index (χ1v) is 7.75. The van der Waals surface area contributed by atoms with Gasteiger partial charge in [-0.3, -0.25) is 4.79 Å². The maximum atomic E-state index is 12.2. The predicted molar refractivity (Wildman–Crippen MR) is 98.8 cm³/mol. The van der Waals surface area contributed by atoms with Gasteiger partial charge in [-0.1, -0.05) is 12.7 Å². The highest BCUT2D eigenvalue weighted by molar-refractivity contribution is 5.95. The SMILES string of the molecule is C=CCOc1ccc(NCC(=O)Nc2cc(OC)ccc2OC)cc1. The minimum absolute atomic E-state index is 0.118. The van der Waals surface area contributed by atoms with Crippen molar-refractivity contribution >= 4 is 17.3 Å². The molecule has 0 aliphatic rings. The van der Waals surface area contributed by atoms with Crippen molar-refractivity contribution < 1.29 is 19.0 Å². The van der Waals surface area contributed by atoms with E-state index in [-0.39, 0.29) is 12.5 Å². The lowest BCUT2D eigenvalue weighted by molar-refractivity contribution is -0.114. The van der Waals surface area contributed by atoms with Crippen molar-refractivity contribution in [2.75, 3.05) is 38.0 Å². The molecule has 0 saturated heterocycles. The molecule has 0 bridgehead atoms. The van der Waals surface area contributed by atoms with Gasteiger partial charge in [0.05, 0.1) is 26.5 Å². The summed E-state index contributed by atoms with van der Waals surface area (Å²) in [5.74, 6) is 1.76. The van der Waals surface area contributed by atoms with Crippen molar-refractivity contribution in [1.29, 1.82) is 0 Å². The summed E-state index contributed by atoms with van der Waals surface area (Å²) >= 11 is 0. The summed E-state index contributed by atoms with van der Waals surface area (Å²) in [6.45, 7) is 4.18. The number of carbonyl (C=O) groups excluding carboxylic acids is 1. The molecule has 6 heteroatoms. The summed E-state index contributed by atoms with van der Waals surface area (Å²) in [5, 5.41) is 5.86. The first-order valence-electron chi connectivity index (χ1n) is 7.75. The third-order valence-electron chi connectivity index (χ3n) is 3.36. The zero-order valence-corrected chi connectivity index (χ0v) is 14.4. The first kappa shape index (κ1) is 18.2. The van der Waals surface area contributed by atoms with E-state index in [1.54, 1.807) is 38.5 Å². The third kappa shape index (κ3) is 5.46. The van der Waals surface area contributed by atoms with Crippen LogP contribution in [0.1, 0.15) is 0 Å². The summed E-state index contributed by atoms with van der Waals surface area (Å²) < 4.78 is 15.8. The molecule has 0 fully saturated rings. The Bertz CT molecular complexity index is 714. The Labute approximate surface area is 147 Å². The van der Waals surface area contributed by atoms with Crippen molar-refractivity contribution in [3.05, 3.63) is 55.1 Å². The Balaban J connectivity index is 1.91. The molecule has 132 valence electrons. The topological polar surface area (TPSA) is 68.8 Å². The molecule has 0 atom stereocenters. The molecule has 2 aromatic carbocycles. The number of benzene rings is 2. The van der Waals surface area contributed by atoms with Crippen molar-refractivity contribution in [3.63, 3.8) is 0 Å². The average Bonchev–Trinajstić information content (AvgIpc) is 2.65. The lowest BCUT2D eigenvalue weighted by atomic mass is 10.2. The van der Waals surface area contributed by atoms with Gasteiger partial charge >= 0.3 is 0 Å². The molecule has 1 amide bonds. The largest absolute Gasteiger partial charge is 0.497 e. The van der Waals surface area contributed by atoms with Crippen LogP contribution in [-0.2, 0) is 4.79 Å².